The Balaban J connectivity index is 5.45. The summed E-state index contributed by atoms with van der Waals surface area (Å²) >= 11 is 0. The highest BCUT2D eigenvalue weighted by atomic mass is 31.2. The molecular weight excluding hydrogens is 326 g/mol. The first-order chi connectivity index (χ1) is 8.07. The summed E-state index contributed by atoms with van der Waals surface area (Å²) in [5, 5.41) is 0. The highest BCUT2D eigenvalue weighted by Gasteiger charge is 2.78. The van der Waals surface area contributed by atoms with Crippen LogP contribution in [-0.2, 0) is 9.09 Å². The third-order valence-electron chi connectivity index (χ3n) is 1.63. The van der Waals surface area contributed by atoms with Gasteiger partial charge in [0.25, 0.3) is 6.36 Å². The summed E-state index contributed by atoms with van der Waals surface area (Å²) in [4.78, 5) is 15.7. The molecular formula is C5H4F9O4P. The van der Waals surface area contributed by atoms with Crippen LogP contribution in [0.1, 0.15) is 0 Å². The third-order valence-corrected chi connectivity index (χ3v) is 2.09. The number of phosphoric acid groups is 1. The molecule has 0 bridgehead atoms. The van der Waals surface area contributed by atoms with E-state index in [0.29, 0.717) is 0 Å². The molecule has 0 aliphatic rings. The lowest BCUT2D eigenvalue weighted by molar-refractivity contribution is -0.366. The molecule has 1 atom stereocenters. The molecule has 0 aromatic carbocycles. The van der Waals surface area contributed by atoms with Gasteiger partial charge >= 0.3 is 32.0 Å². The van der Waals surface area contributed by atoms with Crippen LogP contribution in [-0.4, -0.2) is 40.3 Å². The average Bonchev–Trinajstić information content (AvgIpc) is 2.13. The van der Waals surface area contributed by atoms with E-state index >= 15 is 0 Å². The molecule has 0 amide bonds. The number of hydrogen-bond acceptors (Lipinski definition) is 2. The summed E-state index contributed by atoms with van der Waals surface area (Å²) in [6.07, 6.45) is -10.2. The van der Waals surface area contributed by atoms with Crippen LogP contribution >= 0.6 is 7.82 Å². The standard InChI is InChI=1S/C5H4F9O4P/c6-1(7)3(9,10)5(13,14)4(11,12)2(8)18-19(15,16)17/h1-2H,(H2,15,16,17). The van der Waals surface area contributed by atoms with Gasteiger partial charge in [0.05, 0.1) is 0 Å². The van der Waals surface area contributed by atoms with Crippen molar-refractivity contribution in [2.45, 2.75) is 30.6 Å². The number of rotatable bonds is 6. The van der Waals surface area contributed by atoms with Crippen LogP contribution in [0.15, 0.2) is 0 Å². The van der Waals surface area contributed by atoms with E-state index in [9.17, 15) is 44.1 Å². The molecule has 19 heavy (non-hydrogen) atoms. The van der Waals surface area contributed by atoms with Crippen molar-refractivity contribution in [3.8, 4) is 0 Å². The zero-order valence-corrected chi connectivity index (χ0v) is 9.11. The van der Waals surface area contributed by atoms with Crippen molar-refractivity contribution in [1.29, 1.82) is 0 Å². The minimum Gasteiger partial charge on any atom is -0.303 e. The maximum Gasteiger partial charge on any atom is 0.472 e. The second-order valence-corrected chi connectivity index (χ2v) is 4.23. The lowest BCUT2D eigenvalue weighted by Gasteiger charge is -2.33. The van der Waals surface area contributed by atoms with Crippen LogP contribution < -0.4 is 0 Å². The van der Waals surface area contributed by atoms with Gasteiger partial charge < -0.3 is 9.79 Å². The minimum atomic E-state index is -6.96. The summed E-state index contributed by atoms with van der Waals surface area (Å²) in [5.74, 6) is -20.2. The van der Waals surface area contributed by atoms with E-state index in [1.54, 1.807) is 0 Å². The Hall–Kier alpha value is -0.520. The van der Waals surface area contributed by atoms with Gasteiger partial charge in [-0.2, -0.15) is 26.3 Å². The van der Waals surface area contributed by atoms with Crippen LogP contribution in [0.2, 0.25) is 0 Å². The van der Waals surface area contributed by atoms with Crippen LogP contribution in [0, 0.1) is 0 Å². The Kier molecular flexibility index (Phi) is 4.97. The highest BCUT2D eigenvalue weighted by molar-refractivity contribution is 7.46. The second kappa shape index (κ2) is 5.11. The van der Waals surface area contributed by atoms with Crippen LogP contribution in [0.4, 0.5) is 39.5 Å². The van der Waals surface area contributed by atoms with Crippen LogP contribution in [0.3, 0.4) is 0 Å². The van der Waals surface area contributed by atoms with Crippen molar-refractivity contribution in [3.63, 3.8) is 0 Å². The Bertz CT molecular complexity index is 366. The molecule has 0 aromatic rings. The Morgan fingerprint density at radius 3 is 1.53 bits per heavy atom. The Morgan fingerprint density at radius 1 is 0.895 bits per heavy atom. The van der Waals surface area contributed by atoms with E-state index in [0.717, 1.165) is 0 Å². The van der Waals surface area contributed by atoms with E-state index in [4.69, 9.17) is 9.79 Å². The molecule has 4 nitrogen and oxygen atoms in total. The van der Waals surface area contributed by atoms with Gasteiger partial charge in [0, 0.05) is 0 Å². The first-order valence-electron chi connectivity index (χ1n) is 3.87. The number of halogens is 9. The molecule has 116 valence electrons. The molecule has 0 aliphatic heterocycles. The van der Waals surface area contributed by atoms with E-state index < -0.39 is 38.4 Å². The van der Waals surface area contributed by atoms with E-state index in [-0.39, 0.29) is 0 Å². The van der Waals surface area contributed by atoms with Gasteiger partial charge in [0.15, 0.2) is 0 Å². The second-order valence-electron chi connectivity index (χ2n) is 3.03. The van der Waals surface area contributed by atoms with Gasteiger partial charge in [0.2, 0.25) is 0 Å². The lowest BCUT2D eigenvalue weighted by Crippen LogP contribution is -2.61. The normalized spacial score (nSPS) is 16.8. The minimum absolute atomic E-state index is 2.46. The Morgan fingerprint density at radius 2 is 1.26 bits per heavy atom. The summed E-state index contributed by atoms with van der Waals surface area (Å²) < 4.78 is 123. The lowest BCUT2D eigenvalue weighted by atomic mass is 10.1. The molecule has 2 N–H and O–H groups in total. The van der Waals surface area contributed by atoms with Crippen LogP contribution in [0.5, 0.6) is 0 Å². The molecule has 0 saturated carbocycles. The molecule has 0 aromatic heterocycles. The zero-order chi connectivity index (χ0) is 15.9. The van der Waals surface area contributed by atoms with Gasteiger partial charge in [-0.1, -0.05) is 0 Å². The van der Waals surface area contributed by atoms with Crippen molar-refractivity contribution in [3.05, 3.63) is 0 Å². The Labute approximate surface area is 97.9 Å². The van der Waals surface area contributed by atoms with Gasteiger partial charge in [-0.3, -0.25) is 0 Å². The summed E-state index contributed by atoms with van der Waals surface area (Å²) in [6, 6.07) is 0. The topological polar surface area (TPSA) is 66.8 Å². The maximum atomic E-state index is 12.6. The van der Waals surface area contributed by atoms with Crippen molar-refractivity contribution >= 4 is 7.82 Å². The molecule has 0 spiro atoms. The number of alkyl halides is 9. The molecule has 0 aliphatic carbocycles. The van der Waals surface area contributed by atoms with E-state index in [1.807, 2.05) is 0 Å². The molecule has 0 rings (SSSR count). The average molecular weight is 330 g/mol. The van der Waals surface area contributed by atoms with Crippen molar-refractivity contribution in [2.75, 3.05) is 0 Å². The maximum absolute atomic E-state index is 12.6. The summed E-state index contributed by atoms with van der Waals surface area (Å²) in [5.41, 5.74) is 0. The number of phosphoric ester groups is 1. The fraction of sp³-hybridized carbons (Fsp3) is 1.00. The monoisotopic (exact) mass is 330 g/mol. The predicted molar refractivity (Wildman–Crippen MR) is 38.9 cm³/mol. The van der Waals surface area contributed by atoms with Crippen molar-refractivity contribution in [1.82, 2.24) is 0 Å². The highest BCUT2D eigenvalue weighted by Crippen LogP contribution is 2.53. The SMILES string of the molecule is O=P(O)(O)OC(F)C(F)(F)C(F)(F)C(F)(F)C(F)F. The predicted octanol–water partition coefficient (Wildman–Crippen LogP) is 2.56. The van der Waals surface area contributed by atoms with E-state index in [2.05, 4.69) is 4.52 Å². The van der Waals surface area contributed by atoms with Gasteiger partial charge in [-0.15, -0.1) is 0 Å². The molecule has 0 fully saturated rings. The van der Waals surface area contributed by atoms with Gasteiger partial charge in [-0.25, -0.2) is 22.3 Å². The molecule has 0 radical (unpaired) electrons. The fourth-order valence-corrected chi connectivity index (χ4v) is 1.06. The van der Waals surface area contributed by atoms with Gasteiger partial charge in [0.1, 0.15) is 0 Å². The van der Waals surface area contributed by atoms with Crippen LogP contribution in [0.25, 0.3) is 0 Å². The first-order valence-corrected chi connectivity index (χ1v) is 5.40. The molecule has 0 heterocycles. The fourth-order valence-electron chi connectivity index (χ4n) is 0.689. The first kappa shape index (κ1) is 18.5. The molecule has 14 heteroatoms. The largest absolute Gasteiger partial charge is 0.472 e. The molecule has 1 unspecified atom stereocenters. The zero-order valence-electron chi connectivity index (χ0n) is 8.21. The van der Waals surface area contributed by atoms with Crippen molar-refractivity contribution < 1.29 is 58.4 Å². The smallest absolute Gasteiger partial charge is 0.303 e. The summed E-state index contributed by atoms with van der Waals surface area (Å²) in [7, 11) is -6.08. The summed E-state index contributed by atoms with van der Waals surface area (Å²) in [6.45, 7) is 0. The quantitative estimate of drug-likeness (QED) is 0.580. The van der Waals surface area contributed by atoms with Crippen molar-refractivity contribution in [2.24, 2.45) is 0 Å². The molecule has 0 saturated heterocycles. The van der Waals surface area contributed by atoms with E-state index in [1.165, 1.54) is 0 Å². The number of hydrogen-bond donors (Lipinski definition) is 2. The van der Waals surface area contributed by atoms with Gasteiger partial charge in [-0.05, 0) is 0 Å². The third kappa shape index (κ3) is 3.52.